The lowest BCUT2D eigenvalue weighted by Crippen LogP contribution is -2.53. The Morgan fingerprint density at radius 1 is 1.17 bits per heavy atom. The Labute approximate surface area is 110 Å². The van der Waals surface area contributed by atoms with Crippen molar-refractivity contribution in [1.82, 2.24) is 4.90 Å². The van der Waals surface area contributed by atoms with Crippen LogP contribution in [0.4, 0.5) is 0 Å². The Kier molecular flexibility index (Phi) is 3.13. The molecule has 1 unspecified atom stereocenters. The average Bonchev–Trinajstić information content (AvgIpc) is 2.26. The largest absolute Gasteiger partial charge is 0.480 e. The van der Waals surface area contributed by atoms with Gasteiger partial charge in [0, 0.05) is 6.04 Å². The van der Waals surface area contributed by atoms with Gasteiger partial charge in [0.15, 0.2) is 0 Å². The summed E-state index contributed by atoms with van der Waals surface area (Å²) in [4.78, 5) is 12.9. The molecule has 4 fully saturated rings. The van der Waals surface area contributed by atoms with Gasteiger partial charge in [-0.25, -0.2) is 0 Å². The molecule has 1 N–H and O–H groups in total. The molecule has 0 aromatic heterocycles. The minimum Gasteiger partial charge on any atom is -0.480 e. The maximum Gasteiger partial charge on any atom is 0.317 e. The van der Waals surface area contributed by atoms with Crippen LogP contribution in [0.5, 0.6) is 0 Å². The van der Waals surface area contributed by atoms with E-state index < -0.39 is 5.97 Å². The standard InChI is InChI=1S/C15H25NO2/c1-9(16(2)8-14(17)18)15-12-4-10-3-11(6-12)7-13(15)5-10/h9-13,15H,3-8H2,1-2H3,(H,17,18). The summed E-state index contributed by atoms with van der Waals surface area (Å²) in [6.07, 6.45) is 7.16. The molecule has 0 heterocycles. The Bertz CT molecular complexity index is 313. The number of aliphatic carboxylic acids is 1. The Morgan fingerprint density at radius 3 is 2.11 bits per heavy atom. The monoisotopic (exact) mass is 251 g/mol. The van der Waals surface area contributed by atoms with E-state index in [9.17, 15) is 4.79 Å². The predicted octanol–water partition coefficient (Wildman–Crippen LogP) is 2.46. The second-order valence-corrected chi connectivity index (χ2v) is 7.06. The highest BCUT2D eigenvalue weighted by molar-refractivity contribution is 5.69. The molecule has 1 atom stereocenters. The van der Waals surface area contributed by atoms with E-state index >= 15 is 0 Å². The summed E-state index contributed by atoms with van der Waals surface area (Å²) < 4.78 is 0. The second-order valence-electron chi connectivity index (χ2n) is 7.06. The number of carboxylic acid groups (broad SMARTS) is 1. The van der Waals surface area contributed by atoms with Crippen molar-refractivity contribution < 1.29 is 9.90 Å². The van der Waals surface area contributed by atoms with Crippen LogP contribution in [-0.4, -0.2) is 35.6 Å². The first-order valence-electron chi connectivity index (χ1n) is 7.46. The zero-order valence-electron chi connectivity index (χ0n) is 11.5. The zero-order chi connectivity index (χ0) is 12.9. The summed E-state index contributed by atoms with van der Waals surface area (Å²) in [6.45, 7) is 2.43. The van der Waals surface area contributed by atoms with Crippen LogP contribution in [0.15, 0.2) is 0 Å². The van der Waals surface area contributed by atoms with Crippen molar-refractivity contribution in [3.05, 3.63) is 0 Å². The van der Waals surface area contributed by atoms with Gasteiger partial charge in [0.1, 0.15) is 0 Å². The normalized spacial score (nSPS) is 43.4. The van der Waals surface area contributed by atoms with Crippen LogP contribution in [0.1, 0.15) is 39.0 Å². The van der Waals surface area contributed by atoms with Crippen LogP contribution in [-0.2, 0) is 4.79 Å². The van der Waals surface area contributed by atoms with Gasteiger partial charge in [-0.15, -0.1) is 0 Å². The van der Waals surface area contributed by atoms with Crippen molar-refractivity contribution >= 4 is 5.97 Å². The summed E-state index contributed by atoms with van der Waals surface area (Å²) in [5.74, 6) is 3.82. The van der Waals surface area contributed by atoms with E-state index in [1.807, 2.05) is 7.05 Å². The second kappa shape index (κ2) is 4.52. The molecular weight excluding hydrogens is 226 g/mol. The summed E-state index contributed by atoms with van der Waals surface area (Å²) in [7, 11) is 1.98. The first-order valence-corrected chi connectivity index (χ1v) is 7.46. The molecule has 0 aromatic rings. The lowest BCUT2D eigenvalue weighted by atomic mass is 9.50. The van der Waals surface area contributed by atoms with Gasteiger partial charge >= 0.3 is 5.97 Å². The van der Waals surface area contributed by atoms with E-state index in [1.165, 1.54) is 32.1 Å². The molecule has 4 bridgehead atoms. The van der Waals surface area contributed by atoms with Crippen LogP contribution in [0.3, 0.4) is 0 Å². The first-order chi connectivity index (χ1) is 8.54. The molecule has 0 saturated heterocycles. The number of nitrogens with zero attached hydrogens (tertiary/aromatic N) is 1. The van der Waals surface area contributed by atoms with E-state index in [1.54, 1.807) is 0 Å². The van der Waals surface area contributed by atoms with E-state index in [-0.39, 0.29) is 6.54 Å². The Hall–Kier alpha value is -0.570. The zero-order valence-corrected chi connectivity index (χ0v) is 11.5. The number of likely N-dealkylation sites (N-methyl/N-ethyl adjacent to an activating group) is 1. The summed E-state index contributed by atoms with van der Waals surface area (Å²) in [5.41, 5.74) is 0. The van der Waals surface area contributed by atoms with Gasteiger partial charge in [-0.3, -0.25) is 9.69 Å². The van der Waals surface area contributed by atoms with Crippen molar-refractivity contribution in [2.24, 2.45) is 29.6 Å². The fourth-order valence-corrected chi connectivity index (χ4v) is 5.41. The third-order valence-corrected chi connectivity index (χ3v) is 5.94. The molecule has 4 rings (SSSR count). The van der Waals surface area contributed by atoms with Crippen molar-refractivity contribution in [1.29, 1.82) is 0 Å². The van der Waals surface area contributed by atoms with E-state index in [0.717, 1.165) is 29.6 Å². The molecule has 0 aromatic carbocycles. The molecule has 3 heteroatoms. The third kappa shape index (κ3) is 2.07. The highest BCUT2D eigenvalue weighted by Gasteiger charge is 2.50. The topological polar surface area (TPSA) is 40.5 Å². The SMILES string of the molecule is CC(C1C2CC3CC(C2)CC1C3)N(C)CC(=O)O. The molecule has 0 spiro atoms. The van der Waals surface area contributed by atoms with Gasteiger partial charge in [0.2, 0.25) is 0 Å². The molecule has 0 aliphatic heterocycles. The number of carboxylic acids is 1. The lowest BCUT2D eigenvalue weighted by molar-refractivity contribution is -0.140. The molecule has 4 aliphatic carbocycles. The van der Waals surface area contributed by atoms with Gasteiger partial charge in [-0.1, -0.05) is 0 Å². The molecule has 102 valence electrons. The molecule has 0 amide bonds. The number of rotatable bonds is 4. The number of hydrogen-bond acceptors (Lipinski definition) is 2. The number of carbonyl (C=O) groups is 1. The summed E-state index contributed by atoms with van der Waals surface area (Å²) >= 11 is 0. The molecule has 18 heavy (non-hydrogen) atoms. The quantitative estimate of drug-likeness (QED) is 0.834. The Balaban J connectivity index is 1.70. The predicted molar refractivity (Wildman–Crippen MR) is 70.3 cm³/mol. The summed E-state index contributed by atoms with van der Waals surface area (Å²) in [5, 5.41) is 8.94. The third-order valence-electron chi connectivity index (χ3n) is 5.94. The van der Waals surface area contributed by atoms with Crippen LogP contribution in [0, 0.1) is 29.6 Å². The summed E-state index contributed by atoms with van der Waals surface area (Å²) in [6, 6.07) is 0.427. The van der Waals surface area contributed by atoms with Crippen molar-refractivity contribution in [2.45, 2.75) is 45.1 Å². The van der Waals surface area contributed by atoms with Gasteiger partial charge in [0.25, 0.3) is 0 Å². The van der Waals surface area contributed by atoms with Crippen LogP contribution < -0.4 is 0 Å². The highest BCUT2D eigenvalue weighted by atomic mass is 16.4. The lowest BCUT2D eigenvalue weighted by Gasteiger charge is -2.57. The van der Waals surface area contributed by atoms with Crippen molar-refractivity contribution in [3.63, 3.8) is 0 Å². The van der Waals surface area contributed by atoms with Crippen LogP contribution in [0.25, 0.3) is 0 Å². The van der Waals surface area contributed by atoms with E-state index in [2.05, 4.69) is 11.8 Å². The maximum absolute atomic E-state index is 10.9. The van der Waals surface area contributed by atoms with Crippen molar-refractivity contribution in [2.75, 3.05) is 13.6 Å². The van der Waals surface area contributed by atoms with Gasteiger partial charge < -0.3 is 5.11 Å². The van der Waals surface area contributed by atoms with Gasteiger partial charge in [0.05, 0.1) is 6.54 Å². The van der Waals surface area contributed by atoms with Crippen molar-refractivity contribution in [3.8, 4) is 0 Å². The minimum atomic E-state index is -0.701. The molecule has 3 nitrogen and oxygen atoms in total. The fourth-order valence-electron chi connectivity index (χ4n) is 5.41. The Morgan fingerprint density at radius 2 is 1.67 bits per heavy atom. The van der Waals surface area contributed by atoms with Crippen LogP contribution in [0.2, 0.25) is 0 Å². The molecule has 0 radical (unpaired) electrons. The van der Waals surface area contributed by atoms with E-state index in [0.29, 0.717) is 6.04 Å². The average molecular weight is 251 g/mol. The van der Waals surface area contributed by atoms with Gasteiger partial charge in [-0.2, -0.15) is 0 Å². The minimum absolute atomic E-state index is 0.184. The van der Waals surface area contributed by atoms with E-state index in [4.69, 9.17) is 5.11 Å². The fraction of sp³-hybridized carbons (Fsp3) is 0.933. The van der Waals surface area contributed by atoms with Gasteiger partial charge in [-0.05, 0) is 75.7 Å². The molecule has 4 saturated carbocycles. The smallest absolute Gasteiger partial charge is 0.317 e. The molecular formula is C15H25NO2. The highest BCUT2D eigenvalue weighted by Crippen LogP contribution is 2.57. The first kappa shape index (κ1) is 12.5. The number of hydrogen-bond donors (Lipinski definition) is 1. The van der Waals surface area contributed by atoms with Crippen LogP contribution >= 0.6 is 0 Å². The maximum atomic E-state index is 10.9. The molecule has 4 aliphatic rings.